The van der Waals surface area contributed by atoms with Crippen molar-refractivity contribution in [3.05, 3.63) is 34.0 Å². The lowest BCUT2D eigenvalue weighted by Crippen LogP contribution is -2.09. The molecule has 3 nitrogen and oxygen atoms in total. The predicted molar refractivity (Wildman–Crippen MR) is 46.1 cm³/mol. The van der Waals surface area contributed by atoms with Crippen LogP contribution in [-0.2, 0) is 0 Å². The highest BCUT2D eigenvalue weighted by molar-refractivity contribution is 9.09. The molecule has 1 unspecified atom stereocenters. The smallest absolute Gasteiger partial charge is 0.246 e. The fourth-order valence-electron chi connectivity index (χ4n) is 0.970. The Morgan fingerprint density at radius 1 is 1.82 bits per heavy atom. The second-order valence-electron chi connectivity index (χ2n) is 2.42. The first kappa shape index (κ1) is 8.46. The van der Waals surface area contributed by atoms with Gasteiger partial charge in [-0.3, -0.25) is 10.1 Å². The largest absolute Gasteiger partial charge is 0.259 e. The summed E-state index contributed by atoms with van der Waals surface area (Å²) in [5, 5.41) is 11.1. The third-order valence-corrected chi connectivity index (χ3v) is 2.41. The number of nitro groups is 1. The zero-order valence-electron chi connectivity index (χ0n) is 5.87. The lowest BCUT2D eigenvalue weighted by molar-refractivity contribution is -0.428. The highest BCUT2D eigenvalue weighted by atomic mass is 79.9. The van der Waals surface area contributed by atoms with Crippen LogP contribution in [0.4, 0.5) is 0 Å². The normalized spacial score (nSPS) is 23.0. The molecular formula is C7H8BrNO2. The summed E-state index contributed by atoms with van der Waals surface area (Å²) >= 11 is 3.29. The predicted octanol–water partition coefficient (Wildman–Crippen LogP) is 2.12. The summed E-state index contributed by atoms with van der Waals surface area (Å²) in [4.78, 5) is 9.98. The van der Waals surface area contributed by atoms with Crippen molar-refractivity contribution >= 4 is 15.9 Å². The highest BCUT2D eigenvalue weighted by Crippen LogP contribution is 2.20. The summed E-state index contributed by atoms with van der Waals surface area (Å²) < 4.78 is 0. The van der Waals surface area contributed by atoms with Gasteiger partial charge in [-0.15, -0.1) is 0 Å². The third kappa shape index (κ3) is 2.15. The van der Waals surface area contributed by atoms with Crippen molar-refractivity contribution < 1.29 is 4.92 Å². The molecule has 4 heteroatoms. The van der Waals surface area contributed by atoms with Gasteiger partial charge in [0.05, 0.1) is 4.92 Å². The Morgan fingerprint density at radius 3 is 3.09 bits per heavy atom. The maximum absolute atomic E-state index is 10.3. The van der Waals surface area contributed by atoms with Crippen molar-refractivity contribution in [2.24, 2.45) is 5.92 Å². The van der Waals surface area contributed by atoms with Crippen LogP contribution in [-0.4, -0.2) is 10.3 Å². The molecule has 0 aromatic heterocycles. The number of hydrogen-bond donors (Lipinski definition) is 0. The number of alkyl halides is 1. The first-order valence-corrected chi connectivity index (χ1v) is 4.44. The number of rotatable bonds is 2. The Labute approximate surface area is 73.1 Å². The van der Waals surface area contributed by atoms with E-state index in [1.807, 2.05) is 6.08 Å². The van der Waals surface area contributed by atoms with Gasteiger partial charge in [0.25, 0.3) is 0 Å². The van der Waals surface area contributed by atoms with E-state index in [0.29, 0.717) is 12.1 Å². The quantitative estimate of drug-likeness (QED) is 0.404. The van der Waals surface area contributed by atoms with E-state index in [2.05, 4.69) is 15.9 Å². The average Bonchev–Trinajstić information content (AvgIpc) is 2.05. The van der Waals surface area contributed by atoms with Crippen LogP contribution in [0.15, 0.2) is 23.9 Å². The molecule has 11 heavy (non-hydrogen) atoms. The van der Waals surface area contributed by atoms with Crippen molar-refractivity contribution in [2.75, 3.05) is 5.33 Å². The first-order valence-electron chi connectivity index (χ1n) is 3.31. The standard InChI is InChI=1S/C7H8BrNO2/c8-5-6-2-1-3-7(4-6)9(10)11/h1-3,6H,4-5H2. The zero-order valence-corrected chi connectivity index (χ0v) is 7.45. The molecule has 0 radical (unpaired) electrons. The Hall–Kier alpha value is -0.640. The monoisotopic (exact) mass is 217 g/mol. The second-order valence-corrected chi connectivity index (χ2v) is 3.07. The summed E-state index contributed by atoms with van der Waals surface area (Å²) in [5.41, 5.74) is 0.303. The van der Waals surface area contributed by atoms with Gasteiger partial charge >= 0.3 is 0 Å². The van der Waals surface area contributed by atoms with Crippen LogP contribution >= 0.6 is 15.9 Å². The minimum atomic E-state index is -0.320. The molecule has 0 heterocycles. The van der Waals surface area contributed by atoms with E-state index in [9.17, 15) is 10.1 Å². The maximum atomic E-state index is 10.3. The van der Waals surface area contributed by atoms with Crippen LogP contribution in [0, 0.1) is 16.0 Å². The average molecular weight is 218 g/mol. The fourth-order valence-corrected chi connectivity index (χ4v) is 1.41. The highest BCUT2D eigenvalue weighted by Gasteiger charge is 2.17. The molecule has 0 saturated heterocycles. The minimum absolute atomic E-state index is 0.278. The maximum Gasteiger partial charge on any atom is 0.246 e. The molecule has 1 aliphatic carbocycles. The van der Waals surface area contributed by atoms with Crippen molar-refractivity contribution in [3.8, 4) is 0 Å². The summed E-state index contributed by atoms with van der Waals surface area (Å²) in [6, 6.07) is 0. The van der Waals surface area contributed by atoms with E-state index in [4.69, 9.17) is 0 Å². The van der Waals surface area contributed by atoms with Crippen molar-refractivity contribution in [2.45, 2.75) is 6.42 Å². The van der Waals surface area contributed by atoms with Gasteiger partial charge in [0, 0.05) is 17.8 Å². The van der Waals surface area contributed by atoms with E-state index in [1.54, 1.807) is 12.2 Å². The summed E-state index contributed by atoms with van der Waals surface area (Å²) in [7, 11) is 0. The van der Waals surface area contributed by atoms with Gasteiger partial charge in [-0.1, -0.05) is 28.1 Å². The molecule has 0 fully saturated rings. The van der Waals surface area contributed by atoms with Crippen LogP contribution in [0.3, 0.4) is 0 Å². The molecule has 60 valence electrons. The molecule has 0 aromatic rings. The Morgan fingerprint density at radius 2 is 2.55 bits per heavy atom. The molecule has 0 aliphatic heterocycles. The van der Waals surface area contributed by atoms with Crippen LogP contribution in [0.25, 0.3) is 0 Å². The lowest BCUT2D eigenvalue weighted by Gasteiger charge is -2.09. The third-order valence-electron chi connectivity index (χ3n) is 1.58. The number of hydrogen-bond acceptors (Lipinski definition) is 2. The topological polar surface area (TPSA) is 43.1 Å². The molecule has 0 amide bonds. The SMILES string of the molecule is O=[N+]([O-])C1=CC=CC(CBr)C1. The van der Waals surface area contributed by atoms with Crippen molar-refractivity contribution in [1.29, 1.82) is 0 Å². The lowest BCUT2D eigenvalue weighted by atomic mass is 10.0. The van der Waals surface area contributed by atoms with Gasteiger partial charge in [0.2, 0.25) is 5.70 Å². The fraction of sp³-hybridized carbons (Fsp3) is 0.429. The molecule has 1 aliphatic rings. The Bertz CT molecular complexity index is 222. The molecule has 1 atom stereocenters. The van der Waals surface area contributed by atoms with Crippen molar-refractivity contribution in [3.63, 3.8) is 0 Å². The zero-order chi connectivity index (χ0) is 8.27. The van der Waals surface area contributed by atoms with Gasteiger partial charge < -0.3 is 0 Å². The molecule has 0 N–H and O–H groups in total. The van der Waals surface area contributed by atoms with E-state index in [1.165, 1.54) is 0 Å². The van der Waals surface area contributed by atoms with E-state index in [0.717, 1.165) is 5.33 Å². The molecule has 0 aromatic carbocycles. The van der Waals surface area contributed by atoms with Crippen LogP contribution in [0.5, 0.6) is 0 Å². The first-order chi connectivity index (χ1) is 5.24. The molecule has 1 rings (SSSR count). The van der Waals surface area contributed by atoms with Crippen LogP contribution in [0.1, 0.15) is 6.42 Å². The van der Waals surface area contributed by atoms with E-state index < -0.39 is 0 Å². The van der Waals surface area contributed by atoms with Gasteiger partial charge in [-0.25, -0.2) is 0 Å². The second kappa shape index (κ2) is 3.67. The van der Waals surface area contributed by atoms with Crippen LogP contribution in [0.2, 0.25) is 0 Å². The van der Waals surface area contributed by atoms with E-state index in [-0.39, 0.29) is 10.8 Å². The van der Waals surface area contributed by atoms with Gasteiger partial charge in [-0.2, -0.15) is 0 Å². The molecule has 0 spiro atoms. The Balaban J connectivity index is 2.64. The van der Waals surface area contributed by atoms with Crippen molar-refractivity contribution in [1.82, 2.24) is 0 Å². The minimum Gasteiger partial charge on any atom is -0.259 e. The molecular weight excluding hydrogens is 210 g/mol. The van der Waals surface area contributed by atoms with Gasteiger partial charge in [0.1, 0.15) is 0 Å². The van der Waals surface area contributed by atoms with Gasteiger partial charge in [0.15, 0.2) is 0 Å². The Kier molecular flexibility index (Phi) is 2.82. The number of allylic oxidation sites excluding steroid dienone is 4. The van der Waals surface area contributed by atoms with E-state index >= 15 is 0 Å². The molecule has 0 bridgehead atoms. The number of halogens is 1. The summed E-state index contributed by atoms with van der Waals surface area (Å²) in [6.07, 6.45) is 5.81. The van der Waals surface area contributed by atoms with Crippen LogP contribution < -0.4 is 0 Å². The summed E-state index contributed by atoms with van der Waals surface area (Å²) in [5.74, 6) is 0.278. The summed E-state index contributed by atoms with van der Waals surface area (Å²) in [6.45, 7) is 0. The molecule has 0 saturated carbocycles. The van der Waals surface area contributed by atoms with Gasteiger partial charge in [-0.05, 0) is 5.92 Å². The number of nitrogens with zero attached hydrogens (tertiary/aromatic N) is 1.